The predicted octanol–water partition coefficient (Wildman–Crippen LogP) is 6.44. The van der Waals surface area contributed by atoms with Crippen LogP contribution < -0.4 is 9.64 Å². The fourth-order valence-corrected chi connectivity index (χ4v) is 5.71. The minimum Gasteiger partial charge on any atom is -0.493 e. The first kappa shape index (κ1) is 28.3. The lowest BCUT2D eigenvalue weighted by molar-refractivity contribution is -0.290. The zero-order chi connectivity index (χ0) is 28.4. The smallest absolute Gasteiger partial charge is 0.282 e. The molecule has 8 heteroatoms. The fourth-order valence-electron chi connectivity index (χ4n) is 5.37. The molecule has 2 amide bonds. The molecule has 2 aliphatic heterocycles. The van der Waals surface area contributed by atoms with Crippen LogP contribution in [0.1, 0.15) is 56.9 Å². The Morgan fingerprint density at radius 2 is 1.68 bits per heavy atom. The highest BCUT2D eigenvalue weighted by molar-refractivity contribution is 9.10. The third kappa shape index (κ3) is 5.28. The van der Waals surface area contributed by atoms with Gasteiger partial charge in [0.25, 0.3) is 11.8 Å². The van der Waals surface area contributed by atoms with Gasteiger partial charge in [0.05, 0.1) is 12.6 Å². The number of nitrogens with zero attached hydrogens (tertiary/aromatic N) is 2. The Kier molecular flexibility index (Phi) is 8.31. The van der Waals surface area contributed by atoms with Crippen molar-refractivity contribution in [3.63, 3.8) is 0 Å². The Labute approximate surface area is 244 Å². The average molecular weight is 608 g/mol. The summed E-state index contributed by atoms with van der Waals surface area (Å²) < 4.78 is 20.0. The Morgan fingerprint density at radius 1 is 1.00 bits per heavy atom. The van der Waals surface area contributed by atoms with Crippen molar-refractivity contribution in [1.29, 1.82) is 0 Å². The molecule has 7 nitrogen and oxygen atoms in total. The summed E-state index contributed by atoms with van der Waals surface area (Å²) in [6, 6.07) is 24.3. The van der Waals surface area contributed by atoms with E-state index in [4.69, 9.17) is 14.2 Å². The summed E-state index contributed by atoms with van der Waals surface area (Å²) in [6.07, 6.45) is 0.527. The Hall–Kier alpha value is -3.20. The first-order valence-corrected chi connectivity index (χ1v) is 14.5. The number of hydrogen-bond donors (Lipinski definition) is 0. The van der Waals surface area contributed by atoms with Gasteiger partial charge >= 0.3 is 0 Å². The quantitative estimate of drug-likeness (QED) is 0.207. The summed E-state index contributed by atoms with van der Waals surface area (Å²) >= 11 is 3.56. The molecule has 0 bridgehead atoms. The van der Waals surface area contributed by atoms with Crippen molar-refractivity contribution in [2.75, 3.05) is 18.6 Å². The topological polar surface area (TPSA) is 68.3 Å². The third-order valence-electron chi connectivity index (χ3n) is 7.72. The van der Waals surface area contributed by atoms with Crippen LogP contribution >= 0.6 is 15.9 Å². The number of benzene rings is 3. The van der Waals surface area contributed by atoms with Crippen molar-refractivity contribution in [1.82, 2.24) is 4.90 Å². The lowest BCUT2D eigenvalue weighted by Crippen LogP contribution is -2.67. The highest BCUT2D eigenvalue weighted by Crippen LogP contribution is 2.47. The first-order chi connectivity index (χ1) is 19.2. The van der Waals surface area contributed by atoms with Gasteiger partial charge in [-0.05, 0) is 50.1 Å². The van der Waals surface area contributed by atoms with Gasteiger partial charge in [-0.15, -0.1) is 0 Å². The number of morpholine rings is 1. The summed E-state index contributed by atoms with van der Waals surface area (Å²) in [5, 5.41) is 0. The zero-order valence-corrected chi connectivity index (χ0v) is 24.8. The first-order valence-electron chi connectivity index (χ1n) is 13.7. The van der Waals surface area contributed by atoms with Crippen LogP contribution in [0.5, 0.6) is 5.75 Å². The second-order valence-corrected chi connectivity index (χ2v) is 11.4. The molecule has 2 heterocycles. The molecule has 0 spiro atoms. The van der Waals surface area contributed by atoms with Crippen LogP contribution in [0.3, 0.4) is 0 Å². The van der Waals surface area contributed by atoms with Gasteiger partial charge in [-0.2, -0.15) is 0 Å². The number of unbranched alkanes of at least 4 members (excludes halogenated alkanes) is 1. The maximum Gasteiger partial charge on any atom is 0.282 e. The minimum absolute atomic E-state index is 0.217. The van der Waals surface area contributed by atoms with Crippen LogP contribution in [0.15, 0.2) is 83.3 Å². The third-order valence-corrected chi connectivity index (χ3v) is 8.21. The number of amides is 2. The molecule has 3 aromatic carbocycles. The average Bonchev–Trinajstić information content (AvgIpc) is 2.97. The molecule has 210 valence electrons. The SMILES string of the molecule is CCCCOc1cc(Br)ccc1[C@@H]1[C@H](O[C@@]2(C)O[C@H](c3ccccc3)[C@H](C)N(C)C2=O)C(=O)N1c1ccccc1. The van der Waals surface area contributed by atoms with Crippen molar-refractivity contribution < 1.29 is 23.8 Å². The van der Waals surface area contributed by atoms with E-state index in [1.54, 1.807) is 23.8 Å². The minimum atomic E-state index is -1.66. The molecule has 3 aromatic rings. The van der Waals surface area contributed by atoms with Crippen LogP contribution in [0, 0.1) is 0 Å². The number of carbonyl (C=O) groups is 2. The molecule has 5 atom stereocenters. The number of halogens is 1. The molecule has 40 heavy (non-hydrogen) atoms. The van der Waals surface area contributed by atoms with Crippen molar-refractivity contribution in [3.05, 3.63) is 94.5 Å². The molecule has 0 aliphatic carbocycles. The number of β-lactam (4-membered cyclic amide) rings is 1. The number of rotatable bonds is 9. The van der Waals surface area contributed by atoms with Gasteiger partial charge in [-0.3, -0.25) is 14.5 Å². The number of likely N-dealkylation sites (N-methyl/N-ethyl adjacent to an activating group) is 1. The largest absolute Gasteiger partial charge is 0.493 e. The molecule has 0 radical (unpaired) electrons. The number of para-hydroxylation sites is 1. The molecule has 2 fully saturated rings. The van der Waals surface area contributed by atoms with Crippen LogP contribution in [0.2, 0.25) is 0 Å². The number of ether oxygens (including phenoxy) is 3. The van der Waals surface area contributed by atoms with Gasteiger partial charge in [-0.1, -0.05) is 83.9 Å². The molecule has 0 N–H and O–H groups in total. The van der Waals surface area contributed by atoms with Crippen LogP contribution in [0.25, 0.3) is 0 Å². The van der Waals surface area contributed by atoms with Crippen molar-refractivity contribution in [2.24, 2.45) is 0 Å². The molecule has 0 unspecified atom stereocenters. The van der Waals surface area contributed by atoms with Gasteiger partial charge < -0.3 is 19.1 Å². The molecular formula is C32H35BrN2O5. The summed E-state index contributed by atoms with van der Waals surface area (Å²) in [6.45, 7) is 6.23. The maximum absolute atomic E-state index is 13.8. The number of carbonyl (C=O) groups excluding carboxylic acids is 2. The van der Waals surface area contributed by atoms with Gasteiger partial charge in [0.1, 0.15) is 17.9 Å². The molecule has 5 rings (SSSR count). The van der Waals surface area contributed by atoms with Crippen LogP contribution in [-0.4, -0.2) is 48.3 Å². The van der Waals surface area contributed by atoms with E-state index in [1.807, 2.05) is 85.8 Å². The monoisotopic (exact) mass is 606 g/mol. The summed E-state index contributed by atoms with van der Waals surface area (Å²) in [5.41, 5.74) is 2.49. The number of anilines is 1. The zero-order valence-electron chi connectivity index (χ0n) is 23.2. The molecule has 2 saturated heterocycles. The molecule has 0 saturated carbocycles. The van der Waals surface area contributed by atoms with E-state index in [0.717, 1.165) is 34.1 Å². The van der Waals surface area contributed by atoms with Crippen molar-refractivity contribution in [3.8, 4) is 5.75 Å². The summed E-state index contributed by atoms with van der Waals surface area (Å²) in [4.78, 5) is 30.7. The Morgan fingerprint density at radius 3 is 2.35 bits per heavy atom. The summed E-state index contributed by atoms with van der Waals surface area (Å²) in [5.74, 6) is -1.56. The van der Waals surface area contributed by atoms with Gasteiger partial charge in [0, 0.05) is 22.8 Å². The molecular weight excluding hydrogens is 572 g/mol. The Bertz CT molecular complexity index is 1350. The lowest BCUT2D eigenvalue weighted by atomic mass is 9.88. The Balaban J connectivity index is 1.51. The van der Waals surface area contributed by atoms with Crippen molar-refractivity contribution in [2.45, 2.75) is 63.7 Å². The van der Waals surface area contributed by atoms with E-state index in [2.05, 4.69) is 22.9 Å². The standard InChI is InChI=1S/C32H35BrN2O5/c1-5-6-19-38-26-20-23(33)17-18-25(26)27-29(30(36)35(27)24-15-11-8-12-16-24)40-32(3)31(37)34(4)21(2)28(39-32)22-13-9-7-10-14-22/h7-18,20-21,27-29H,5-6,19H2,1-4H3/t21-,27+,28-,29-,32+/m0/s1. The van der Waals surface area contributed by atoms with E-state index >= 15 is 0 Å². The second kappa shape index (κ2) is 11.7. The van der Waals surface area contributed by atoms with E-state index in [-0.39, 0.29) is 17.9 Å². The highest BCUT2D eigenvalue weighted by Gasteiger charge is 2.58. The van der Waals surface area contributed by atoms with Gasteiger partial charge in [-0.25, -0.2) is 0 Å². The van der Waals surface area contributed by atoms with Gasteiger partial charge in [0.15, 0.2) is 6.10 Å². The van der Waals surface area contributed by atoms with Gasteiger partial charge in [0.2, 0.25) is 5.79 Å². The second-order valence-electron chi connectivity index (χ2n) is 10.5. The number of hydrogen-bond acceptors (Lipinski definition) is 5. The summed E-state index contributed by atoms with van der Waals surface area (Å²) in [7, 11) is 1.75. The van der Waals surface area contributed by atoms with E-state index < -0.39 is 24.0 Å². The van der Waals surface area contributed by atoms with E-state index in [9.17, 15) is 9.59 Å². The molecule has 2 aliphatic rings. The fraction of sp³-hybridized carbons (Fsp3) is 0.375. The van der Waals surface area contributed by atoms with Crippen LogP contribution in [-0.2, 0) is 19.1 Å². The predicted molar refractivity (Wildman–Crippen MR) is 157 cm³/mol. The van der Waals surface area contributed by atoms with E-state index in [0.29, 0.717) is 12.4 Å². The van der Waals surface area contributed by atoms with E-state index in [1.165, 1.54) is 0 Å². The molecule has 0 aromatic heterocycles. The maximum atomic E-state index is 13.8. The normalized spacial score (nSPS) is 26.5. The highest BCUT2D eigenvalue weighted by atomic mass is 79.9. The lowest BCUT2D eigenvalue weighted by Gasteiger charge is -2.52. The van der Waals surface area contributed by atoms with Crippen molar-refractivity contribution >= 4 is 33.4 Å². The van der Waals surface area contributed by atoms with Crippen LogP contribution in [0.4, 0.5) is 5.69 Å².